The van der Waals surface area contributed by atoms with Gasteiger partial charge in [0, 0.05) is 12.4 Å². The molecule has 0 bridgehead atoms. The molecule has 0 spiro atoms. The van der Waals surface area contributed by atoms with E-state index >= 15 is 0 Å². The predicted octanol–water partition coefficient (Wildman–Crippen LogP) is 1.60. The van der Waals surface area contributed by atoms with Crippen molar-refractivity contribution >= 4 is 11.7 Å². The Hall–Kier alpha value is -2.02. The highest BCUT2D eigenvalue weighted by Gasteiger charge is 2.17. The van der Waals surface area contributed by atoms with Crippen molar-refractivity contribution in [3.63, 3.8) is 0 Å². The highest BCUT2D eigenvalue weighted by Crippen LogP contribution is 2.18. The van der Waals surface area contributed by atoms with Gasteiger partial charge in [-0.1, -0.05) is 5.92 Å². The van der Waals surface area contributed by atoms with E-state index in [0.717, 1.165) is 0 Å². The first kappa shape index (κ1) is 11.1. The number of hydrogen-bond acceptors (Lipinski definition) is 3. The predicted molar refractivity (Wildman–Crippen MR) is 57.7 cm³/mol. The van der Waals surface area contributed by atoms with E-state index in [1.54, 1.807) is 19.9 Å². The topological polar surface area (TPSA) is 62.2 Å². The Labute approximate surface area is 88.3 Å². The second-order valence-corrected chi connectivity index (χ2v) is 3.62. The van der Waals surface area contributed by atoms with Gasteiger partial charge >= 0.3 is 5.97 Å². The summed E-state index contributed by atoms with van der Waals surface area (Å²) >= 11 is 0. The fourth-order valence-electron chi connectivity index (χ4n) is 1.05. The molecule has 0 saturated carbocycles. The molecule has 1 aromatic rings. The average molecular weight is 204 g/mol. The fraction of sp³-hybridized carbons (Fsp3) is 0.273. The minimum Gasteiger partial charge on any atom is -0.478 e. The molecule has 0 aliphatic heterocycles. The van der Waals surface area contributed by atoms with E-state index in [-0.39, 0.29) is 5.56 Å². The maximum Gasteiger partial charge on any atom is 0.339 e. The van der Waals surface area contributed by atoms with Crippen molar-refractivity contribution in [3.05, 3.63) is 24.0 Å². The molecule has 4 heteroatoms. The molecule has 4 nitrogen and oxygen atoms in total. The van der Waals surface area contributed by atoms with Crippen LogP contribution in [0.3, 0.4) is 0 Å². The van der Waals surface area contributed by atoms with E-state index in [0.29, 0.717) is 5.69 Å². The number of nitrogens with zero attached hydrogens (tertiary/aromatic N) is 1. The molecule has 0 unspecified atom stereocenters. The van der Waals surface area contributed by atoms with Gasteiger partial charge in [0.1, 0.15) is 5.56 Å². The van der Waals surface area contributed by atoms with Crippen molar-refractivity contribution in [1.82, 2.24) is 4.98 Å². The number of terminal acetylenes is 1. The molecule has 1 aromatic heterocycles. The zero-order chi connectivity index (χ0) is 11.5. The van der Waals surface area contributed by atoms with Crippen LogP contribution in [0.2, 0.25) is 0 Å². The first-order valence-corrected chi connectivity index (χ1v) is 4.39. The lowest BCUT2D eigenvalue weighted by Gasteiger charge is -2.21. The summed E-state index contributed by atoms with van der Waals surface area (Å²) in [5, 5.41) is 11.9. The summed E-state index contributed by atoms with van der Waals surface area (Å²) in [5.74, 6) is 1.50. The molecular weight excluding hydrogens is 192 g/mol. The van der Waals surface area contributed by atoms with Gasteiger partial charge < -0.3 is 10.4 Å². The van der Waals surface area contributed by atoms with Gasteiger partial charge in [0.2, 0.25) is 0 Å². The number of rotatable bonds is 3. The van der Waals surface area contributed by atoms with Crippen molar-refractivity contribution in [2.24, 2.45) is 0 Å². The highest BCUT2D eigenvalue weighted by molar-refractivity contribution is 5.93. The molecule has 0 amide bonds. The average Bonchev–Trinajstić information content (AvgIpc) is 2.18. The van der Waals surface area contributed by atoms with Gasteiger partial charge in [0.15, 0.2) is 0 Å². The van der Waals surface area contributed by atoms with Crippen LogP contribution < -0.4 is 5.32 Å². The third-order valence-electron chi connectivity index (χ3n) is 1.86. The Bertz CT molecular complexity index is 419. The zero-order valence-corrected chi connectivity index (χ0v) is 8.61. The Morgan fingerprint density at radius 2 is 2.33 bits per heavy atom. The number of aromatic nitrogens is 1. The van der Waals surface area contributed by atoms with Crippen LogP contribution in [0.4, 0.5) is 5.69 Å². The second-order valence-electron chi connectivity index (χ2n) is 3.62. The van der Waals surface area contributed by atoms with Gasteiger partial charge in [0.05, 0.1) is 11.2 Å². The quantitative estimate of drug-likeness (QED) is 0.734. The Morgan fingerprint density at radius 3 is 2.87 bits per heavy atom. The molecule has 1 heterocycles. The molecule has 0 radical (unpaired) electrons. The van der Waals surface area contributed by atoms with Crippen LogP contribution in [-0.4, -0.2) is 21.6 Å². The Morgan fingerprint density at radius 1 is 1.67 bits per heavy atom. The summed E-state index contributed by atoms with van der Waals surface area (Å²) < 4.78 is 0. The lowest BCUT2D eigenvalue weighted by molar-refractivity contribution is 0.0697. The SMILES string of the molecule is C#CC(C)(C)Nc1ccncc1C(=O)O. The summed E-state index contributed by atoms with van der Waals surface area (Å²) in [6.45, 7) is 3.58. The third kappa shape index (κ3) is 2.71. The molecule has 2 N–H and O–H groups in total. The third-order valence-corrected chi connectivity index (χ3v) is 1.86. The number of carboxylic acid groups (broad SMARTS) is 1. The molecule has 78 valence electrons. The van der Waals surface area contributed by atoms with Gasteiger partial charge in [-0.05, 0) is 19.9 Å². The van der Waals surface area contributed by atoms with Crippen LogP contribution in [0.1, 0.15) is 24.2 Å². The van der Waals surface area contributed by atoms with Crippen molar-refractivity contribution in [3.8, 4) is 12.3 Å². The van der Waals surface area contributed by atoms with Gasteiger partial charge in [-0.15, -0.1) is 6.42 Å². The first-order valence-electron chi connectivity index (χ1n) is 4.39. The number of anilines is 1. The van der Waals surface area contributed by atoms with Crippen LogP contribution in [0.25, 0.3) is 0 Å². The van der Waals surface area contributed by atoms with Crippen LogP contribution in [0, 0.1) is 12.3 Å². The highest BCUT2D eigenvalue weighted by atomic mass is 16.4. The van der Waals surface area contributed by atoms with Crippen molar-refractivity contribution in [1.29, 1.82) is 0 Å². The zero-order valence-electron chi connectivity index (χ0n) is 8.61. The van der Waals surface area contributed by atoms with Gasteiger partial charge in [-0.3, -0.25) is 4.98 Å². The molecular formula is C11H12N2O2. The van der Waals surface area contributed by atoms with Crippen LogP contribution in [0.15, 0.2) is 18.5 Å². The van der Waals surface area contributed by atoms with Crippen molar-refractivity contribution < 1.29 is 9.90 Å². The van der Waals surface area contributed by atoms with Crippen molar-refractivity contribution in [2.75, 3.05) is 5.32 Å². The molecule has 0 aliphatic rings. The molecule has 0 fully saturated rings. The minimum absolute atomic E-state index is 0.112. The Balaban J connectivity index is 3.06. The normalized spacial score (nSPS) is 10.5. The molecule has 0 aromatic carbocycles. The van der Waals surface area contributed by atoms with E-state index < -0.39 is 11.5 Å². The summed E-state index contributed by atoms with van der Waals surface area (Å²) in [6.07, 6.45) is 8.11. The number of hydrogen-bond donors (Lipinski definition) is 2. The van der Waals surface area contributed by atoms with E-state index in [1.165, 1.54) is 12.4 Å². The summed E-state index contributed by atoms with van der Waals surface area (Å²) in [7, 11) is 0. The van der Waals surface area contributed by atoms with Gasteiger partial charge in [-0.2, -0.15) is 0 Å². The van der Waals surface area contributed by atoms with E-state index in [1.807, 2.05) is 0 Å². The molecule has 15 heavy (non-hydrogen) atoms. The van der Waals surface area contributed by atoms with E-state index in [4.69, 9.17) is 11.5 Å². The van der Waals surface area contributed by atoms with Crippen LogP contribution in [-0.2, 0) is 0 Å². The lowest BCUT2D eigenvalue weighted by atomic mass is 10.1. The number of aromatic carboxylic acids is 1. The number of nitrogens with one attached hydrogen (secondary N) is 1. The van der Waals surface area contributed by atoms with Crippen LogP contribution >= 0.6 is 0 Å². The largest absolute Gasteiger partial charge is 0.478 e. The maximum absolute atomic E-state index is 10.9. The van der Waals surface area contributed by atoms with Gasteiger partial charge in [0.25, 0.3) is 0 Å². The van der Waals surface area contributed by atoms with Crippen LogP contribution in [0.5, 0.6) is 0 Å². The number of pyridine rings is 1. The molecule has 0 atom stereocenters. The molecule has 1 rings (SSSR count). The standard InChI is InChI=1S/C11H12N2O2/c1-4-11(2,3)13-9-5-6-12-7-8(9)10(14)15/h1,5-7H,2-3H3,(H,12,13)(H,14,15). The summed E-state index contributed by atoms with van der Waals surface area (Å²) in [6, 6.07) is 1.59. The monoisotopic (exact) mass is 204 g/mol. The smallest absolute Gasteiger partial charge is 0.339 e. The number of carbonyl (C=O) groups is 1. The van der Waals surface area contributed by atoms with Gasteiger partial charge in [-0.25, -0.2) is 4.79 Å². The molecule has 0 saturated heterocycles. The molecule has 0 aliphatic carbocycles. The summed E-state index contributed by atoms with van der Waals surface area (Å²) in [4.78, 5) is 14.6. The van der Waals surface area contributed by atoms with Crippen molar-refractivity contribution in [2.45, 2.75) is 19.4 Å². The van der Waals surface area contributed by atoms with E-state index in [9.17, 15) is 4.79 Å². The maximum atomic E-state index is 10.9. The summed E-state index contributed by atoms with van der Waals surface area (Å²) in [5.41, 5.74) is -0.00720. The lowest BCUT2D eigenvalue weighted by Crippen LogP contribution is -2.29. The minimum atomic E-state index is -1.03. The first-order chi connectivity index (χ1) is 6.96. The second kappa shape index (κ2) is 4.01. The van der Waals surface area contributed by atoms with E-state index in [2.05, 4.69) is 16.2 Å². The fourth-order valence-corrected chi connectivity index (χ4v) is 1.05. The number of carboxylic acids is 1. The Kier molecular flexibility index (Phi) is 2.96.